The number of ether oxygens (including phenoxy) is 1. The Bertz CT molecular complexity index is 1070. The van der Waals surface area contributed by atoms with E-state index >= 15 is 0 Å². The third kappa shape index (κ3) is 5.62. The van der Waals surface area contributed by atoms with Gasteiger partial charge < -0.3 is 4.74 Å². The van der Waals surface area contributed by atoms with Crippen molar-refractivity contribution in [2.24, 2.45) is 0 Å². The van der Waals surface area contributed by atoms with Crippen molar-refractivity contribution in [3.05, 3.63) is 99.5 Å². The van der Waals surface area contributed by atoms with Crippen molar-refractivity contribution in [1.82, 2.24) is 4.90 Å². The fraction of sp³-hybridized carbons (Fsp3) is 0.167. The summed E-state index contributed by atoms with van der Waals surface area (Å²) in [5, 5.41) is 0.682. The predicted octanol–water partition coefficient (Wildman–Crippen LogP) is 6.38. The summed E-state index contributed by atoms with van der Waals surface area (Å²) < 4.78 is 5.80. The summed E-state index contributed by atoms with van der Waals surface area (Å²) in [5.74, 6) is 0.581. The van der Waals surface area contributed by atoms with E-state index in [2.05, 4.69) is 0 Å². The summed E-state index contributed by atoms with van der Waals surface area (Å²) in [6, 6.07) is 22.3. The third-order valence-corrected chi connectivity index (χ3v) is 6.50. The minimum atomic E-state index is -0.416. The molecule has 3 aromatic carbocycles. The van der Waals surface area contributed by atoms with Gasteiger partial charge in [0.1, 0.15) is 12.4 Å². The molecule has 1 saturated heterocycles. The van der Waals surface area contributed by atoms with Gasteiger partial charge in [-0.2, -0.15) is 0 Å². The zero-order valence-electron chi connectivity index (χ0n) is 16.5. The molecule has 0 aromatic heterocycles. The molecule has 0 radical (unpaired) electrons. The Morgan fingerprint density at radius 3 is 1.94 bits per heavy atom. The van der Waals surface area contributed by atoms with Gasteiger partial charge in [0.05, 0.1) is 11.8 Å². The van der Waals surface area contributed by atoms with Crippen LogP contribution in [0.5, 0.6) is 5.75 Å². The number of hydrogen-bond acceptors (Lipinski definition) is 4. The molecule has 31 heavy (non-hydrogen) atoms. The minimum Gasteiger partial charge on any atom is -0.489 e. The zero-order chi connectivity index (χ0) is 21.8. The van der Waals surface area contributed by atoms with Crippen LogP contribution in [0.3, 0.4) is 0 Å². The number of imide groups is 1. The zero-order valence-corrected chi connectivity index (χ0v) is 18.8. The molecule has 4 nitrogen and oxygen atoms in total. The average Bonchev–Trinajstić information content (AvgIpc) is 3.03. The number of carbonyl (C=O) groups excluding carboxylic acids is 2. The first-order chi connectivity index (χ1) is 15.0. The summed E-state index contributed by atoms with van der Waals surface area (Å²) in [6.45, 7) is 0.706. The van der Waals surface area contributed by atoms with Gasteiger partial charge in [0.2, 0.25) is 5.91 Å². The van der Waals surface area contributed by atoms with Gasteiger partial charge >= 0.3 is 0 Å². The van der Waals surface area contributed by atoms with E-state index in [-0.39, 0.29) is 17.7 Å². The third-order valence-electron chi connectivity index (χ3n) is 4.92. The maximum absolute atomic E-state index is 12.8. The van der Waals surface area contributed by atoms with E-state index in [4.69, 9.17) is 27.9 Å². The fourth-order valence-corrected chi connectivity index (χ4v) is 4.51. The van der Waals surface area contributed by atoms with Gasteiger partial charge in [-0.05, 0) is 59.5 Å². The van der Waals surface area contributed by atoms with Gasteiger partial charge in [0, 0.05) is 10.0 Å². The van der Waals surface area contributed by atoms with Crippen LogP contribution in [-0.2, 0) is 24.4 Å². The monoisotopic (exact) mass is 471 g/mol. The largest absolute Gasteiger partial charge is 0.489 e. The molecule has 1 aliphatic heterocycles. The van der Waals surface area contributed by atoms with Crippen LogP contribution in [0.2, 0.25) is 10.0 Å². The van der Waals surface area contributed by atoms with Crippen LogP contribution in [0, 0.1) is 0 Å². The second kappa shape index (κ2) is 9.77. The molecule has 1 heterocycles. The highest BCUT2D eigenvalue weighted by atomic mass is 35.5. The number of thioether (sulfide) groups is 1. The molecule has 0 bridgehead atoms. The lowest BCUT2D eigenvalue weighted by Gasteiger charge is -2.14. The predicted molar refractivity (Wildman–Crippen MR) is 125 cm³/mol. The topological polar surface area (TPSA) is 46.6 Å². The van der Waals surface area contributed by atoms with Crippen molar-refractivity contribution in [1.29, 1.82) is 0 Å². The molecule has 0 N–H and O–H groups in total. The summed E-state index contributed by atoms with van der Waals surface area (Å²) in [7, 11) is 0. The van der Waals surface area contributed by atoms with Gasteiger partial charge in [-0.1, -0.05) is 71.4 Å². The van der Waals surface area contributed by atoms with E-state index in [1.165, 1.54) is 4.90 Å². The summed E-state index contributed by atoms with van der Waals surface area (Å²) in [4.78, 5) is 26.4. The Morgan fingerprint density at radius 1 is 0.774 bits per heavy atom. The van der Waals surface area contributed by atoms with Crippen molar-refractivity contribution in [2.75, 3.05) is 0 Å². The number of benzene rings is 3. The van der Waals surface area contributed by atoms with Crippen molar-refractivity contribution < 1.29 is 14.3 Å². The highest BCUT2D eigenvalue weighted by Crippen LogP contribution is 2.31. The first-order valence-corrected chi connectivity index (χ1v) is 11.3. The molecule has 1 fully saturated rings. The quantitative estimate of drug-likeness (QED) is 0.401. The summed E-state index contributed by atoms with van der Waals surface area (Å²) in [5.41, 5.74) is 2.88. The van der Waals surface area contributed by atoms with Crippen LogP contribution in [-0.4, -0.2) is 21.3 Å². The van der Waals surface area contributed by atoms with Crippen LogP contribution >= 0.6 is 35.0 Å². The van der Waals surface area contributed by atoms with Crippen molar-refractivity contribution >= 4 is 46.1 Å². The second-order valence-corrected chi connectivity index (χ2v) is 9.21. The van der Waals surface area contributed by atoms with Crippen LogP contribution < -0.4 is 4.74 Å². The van der Waals surface area contributed by atoms with Crippen LogP contribution in [0.15, 0.2) is 72.8 Å². The Morgan fingerprint density at radius 2 is 1.32 bits per heavy atom. The number of rotatable bonds is 7. The molecule has 0 spiro atoms. The molecule has 0 saturated carbocycles. The molecule has 1 atom stereocenters. The lowest BCUT2D eigenvalue weighted by molar-refractivity contribution is -0.127. The Kier molecular flexibility index (Phi) is 6.86. The Labute approximate surface area is 195 Å². The van der Waals surface area contributed by atoms with Gasteiger partial charge in [0.25, 0.3) is 5.24 Å². The molecule has 3 aromatic rings. The smallest absolute Gasteiger partial charge is 0.289 e. The van der Waals surface area contributed by atoms with Gasteiger partial charge in [-0.3, -0.25) is 14.5 Å². The maximum Gasteiger partial charge on any atom is 0.289 e. The summed E-state index contributed by atoms with van der Waals surface area (Å²) >= 11 is 12.9. The van der Waals surface area contributed by atoms with Crippen molar-refractivity contribution in [3.8, 4) is 5.75 Å². The van der Waals surface area contributed by atoms with Crippen LogP contribution in [0.4, 0.5) is 4.79 Å². The number of hydrogen-bond donors (Lipinski definition) is 0. The molecule has 4 rings (SSSR count). The lowest BCUT2D eigenvalue weighted by Crippen LogP contribution is -2.31. The second-order valence-electron chi connectivity index (χ2n) is 7.19. The molecule has 2 amide bonds. The highest BCUT2D eigenvalue weighted by molar-refractivity contribution is 8.15. The maximum atomic E-state index is 12.8. The molecule has 7 heteroatoms. The molecule has 0 unspecified atom stereocenters. The number of nitrogens with zero attached hydrogens (tertiary/aromatic N) is 1. The van der Waals surface area contributed by atoms with E-state index in [1.807, 2.05) is 60.7 Å². The first-order valence-electron chi connectivity index (χ1n) is 9.70. The minimum absolute atomic E-state index is 0.159. The average molecular weight is 472 g/mol. The van der Waals surface area contributed by atoms with Gasteiger partial charge in [-0.15, -0.1) is 0 Å². The summed E-state index contributed by atoms with van der Waals surface area (Å²) in [6.07, 6.45) is 0.490. The van der Waals surface area contributed by atoms with Gasteiger partial charge in [-0.25, -0.2) is 0 Å². The number of halogens is 2. The first kappa shape index (κ1) is 21.8. The molecule has 1 aliphatic rings. The Balaban J connectivity index is 1.33. The lowest BCUT2D eigenvalue weighted by atomic mass is 10.1. The molecule has 158 valence electrons. The SMILES string of the molecule is O=C1S[C@@H](Cc2ccc(OCc3ccc(Cl)cc3)cc2)C(=O)N1Cc1ccc(Cl)cc1. The van der Waals surface area contributed by atoms with Crippen molar-refractivity contribution in [3.63, 3.8) is 0 Å². The molecular formula is C24H19Cl2NO3S. The van der Waals surface area contributed by atoms with E-state index in [1.54, 1.807) is 12.1 Å². The van der Waals surface area contributed by atoms with E-state index < -0.39 is 5.25 Å². The number of amides is 2. The van der Waals surface area contributed by atoms with E-state index in [9.17, 15) is 9.59 Å². The van der Waals surface area contributed by atoms with Gasteiger partial charge in [0.15, 0.2) is 0 Å². The normalized spacial score (nSPS) is 16.1. The Hall–Kier alpha value is -2.47. The van der Waals surface area contributed by atoms with E-state index in [0.717, 1.165) is 34.2 Å². The van der Waals surface area contributed by atoms with Crippen LogP contribution in [0.25, 0.3) is 0 Å². The highest BCUT2D eigenvalue weighted by Gasteiger charge is 2.39. The van der Waals surface area contributed by atoms with E-state index in [0.29, 0.717) is 23.1 Å². The van der Waals surface area contributed by atoms with Crippen LogP contribution in [0.1, 0.15) is 16.7 Å². The number of carbonyl (C=O) groups is 2. The standard InChI is InChI=1S/C24H19Cl2NO3S/c25-19-7-1-17(2-8-19)14-27-23(28)22(31-24(27)29)13-16-5-11-21(12-6-16)30-15-18-3-9-20(26)10-4-18/h1-12,22H,13-15H2/t22-/m0/s1. The van der Waals surface area contributed by atoms with Crippen molar-refractivity contribution in [2.45, 2.75) is 24.8 Å². The fourth-order valence-electron chi connectivity index (χ4n) is 3.23. The molecule has 0 aliphatic carbocycles. The molecular weight excluding hydrogens is 453 g/mol.